The summed E-state index contributed by atoms with van der Waals surface area (Å²) in [6, 6.07) is 3.73. The number of rotatable bonds is 2. The number of sulfonamides is 1. The van der Waals surface area contributed by atoms with Gasteiger partial charge >= 0.3 is 0 Å². The summed E-state index contributed by atoms with van der Waals surface area (Å²) < 4.78 is 28.5. The van der Waals surface area contributed by atoms with Gasteiger partial charge < -0.3 is 5.73 Å². The molecule has 1 saturated heterocycles. The number of hydrogen-bond acceptors (Lipinski definition) is 3. The third-order valence-electron chi connectivity index (χ3n) is 4.30. The lowest BCUT2D eigenvalue weighted by molar-refractivity contribution is 0.155. The van der Waals surface area contributed by atoms with Crippen molar-refractivity contribution < 1.29 is 8.42 Å². The van der Waals surface area contributed by atoms with Crippen LogP contribution >= 0.6 is 15.9 Å². The molecule has 0 aliphatic carbocycles. The van der Waals surface area contributed by atoms with Gasteiger partial charge in [0.1, 0.15) is 0 Å². The van der Waals surface area contributed by atoms with Crippen LogP contribution in [-0.2, 0) is 10.0 Å². The molecule has 2 rings (SSSR count). The summed E-state index contributed by atoms with van der Waals surface area (Å²) in [6.45, 7) is 8.69. The molecule has 0 saturated carbocycles. The molecule has 1 unspecified atom stereocenters. The Kier molecular flexibility index (Phi) is 4.55. The van der Waals surface area contributed by atoms with Crippen LogP contribution in [0.3, 0.4) is 0 Å². The zero-order chi connectivity index (χ0) is 16.0. The van der Waals surface area contributed by atoms with E-state index in [9.17, 15) is 8.42 Å². The molecule has 118 valence electrons. The third kappa shape index (κ3) is 3.18. The van der Waals surface area contributed by atoms with Crippen LogP contribution in [0.15, 0.2) is 21.5 Å². The Labute approximate surface area is 135 Å². The summed E-state index contributed by atoms with van der Waals surface area (Å²) in [5, 5.41) is 0. The molecular formula is C15H23BrN2O2S. The van der Waals surface area contributed by atoms with Crippen molar-refractivity contribution in [2.24, 2.45) is 11.1 Å². The highest BCUT2D eigenvalue weighted by molar-refractivity contribution is 9.10. The van der Waals surface area contributed by atoms with E-state index >= 15 is 0 Å². The lowest BCUT2D eigenvalue weighted by Gasteiger charge is -2.42. The molecule has 1 aromatic carbocycles. The Morgan fingerprint density at radius 3 is 2.29 bits per heavy atom. The van der Waals surface area contributed by atoms with Crippen LogP contribution < -0.4 is 5.73 Å². The molecule has 1 aromatic rings. The second-order valence-electron chi connectivity index (χ2n) is 6.59. The van der Waals surface area contributed by atoms with Gasteiger partial charge in [-0.3, -0.25) is 0 Å². The molecule has 0 aromatic heterocycles. The van der Waals surface area contributed by atoms with Gasteiger partial charge in [0.05, 0.1) is 4.90 Å². The topological polar surface area (TPSA) is 63.4 Å². The lowest BCUT2D eigenvalue weighted by Crippen LogP contribution is -2.54. The number of halogens is 1. The molecule has 1 aliphatic rings. The van der Waals surface area contributed by atoms with Crippen LogP contribution in [0.4, 0.5) is 0 Å². The molecule has 0 radical (unpaired) electrons. The standard InChI is InChI=1S/C15H23BrN2O2S/c1-10-7-12(16)8-11(2)14(10)21(19,20)18-6-5-13(17)15(3,4)9-18/h7-8,13H,5-6,9,17H2,1-4H3. The zero-order valence-corrected chi connectivity index (χ0v) is 15.4. The van der Waals surface area contributed by atoms with Crippen molar-refractivity contribution in [1.82, 2.24) is 4.31 Å². The first kappa shape index (κ1) is 16.9. The minimum absolute atomic E-state index is 0.0380. The molecule has 0 spiro atoms. The van der Waals surface area contributed by atoms with Crippen LogP contribution in [0.25, 0.3) is 0 Å². The van der Waals surface area contributed by atoms with E-state index in [1.165, 1.54) is 0 Å². The second-order valence-corrected chi connectivity index (χ2v) is 9.38. The first-order valence-corrected chi connectivity index (χ1v) is 9.31. The van der Waals surface area contributed by atoms with Gasteiger partial charge in [-0.05, 0) is 48.9 Å². The average Bonchev–Trinajstić information content (AvgIpc) is 2.30. The van der Waals surface area contributed by atoms with E-state index in [-0.39, 0.29) is 11.5 Å². The van der Waals surface area contributed by atoms with Gasteiger partial charge in [0.25, 0.3) is 0 Å². The molecule has 1 aliphatic heterocycles. The van der Waals surface area contributed by atoms with Gasteiger partial charge in [-0.15, -0.1) is 0 Å². The van der Waals surface area contributed by atoms with E-state index in [4.69, 9.17) is 5.73 Å². The van der Waals surface area contributed by atoms with E-state index in [0.717, 1.165) is 15.6 Å². The maximum Gasteiger partial charge on any atom is 0.243 e. The summed E-state index contributed by atoms with van der Waals surface area (Å²) in [5.74, 6) is 0. The van der Waals surface area contributed by atoms with Crippen LogP contribution in [0, 0.1) is 19.3 Å². The van der Waals surface area contributed by atoms with Gasteiger partial charge in [0.2, 0.25) is 10.0 Å². The van der Waals surface area contributed by atoms with E-state index in [0.29, 0.717) is 24.4 Å². The molecule has 4 nitrogen and oxygen atoms in total. The third-order valence-corrected chi connectivity index (χ3v) is 6.91. The molecule has 1 heterocycles. The van der Waals surface area contributed by atoms with Gasteiger partial charge in [0.15, 0.2) is 0 Å². The highest BCUT2D eigenvalue weighted by atomic mass is 79.9. The molecule has 0 amide bonds. The maximum atomic E-state index is 13.0. The van der Waals surface area contributed by atoms with E-state index in [1.807, 2.05) is 39.8 Å². The fraction of sp³-hybridized carbons (Fsp3) is 0.600. The predicted octanol–water partition coefficient (Wildman–Crippen LogP) is 2.81. The first-order valence-electron chi connectivity index (χ1n) is 7.08. The van der Waals surface area contributed by atoms with Gasteiger partial charge in [-0.2, -0.15) is 4.31 Å². The number of hydrogen-bond donors (Lipinski definition) is 1. The zero-order valence-electron chi connectivity index (χ0n) is 13.0. The molecular weight excluding hydrogens is 352 g/mol. The number of nitrogens with two attached hydrogens (primary N) is 1. The quantitative estimate of drug-likeness (QED) is 0.865. The number of aryl methyl sites for hydroxylation is 2. The van der Waals surface area contributed by atoms with Crippen molar-refractivity contribution >= 4 is 26.0 Å². The summed E-state index contributed by atoms with van der Waals surface area (Å²) in [6.07, 6.45) is 0.695. The van der Waals surface area contributed by atoms with Crippen molar-refractivity contribution in [3.63, 3.8) is 0 Å². The van der Waals surface area contributed by atoms with Gasteiger partial charge in [0, 0.05) is 23.6 Å². The molecule has 0 bridgehead atoms. The normalized spacial score (nSPS) is 23.2. The highest BCUT2D eigenvalue weighted by Crippen LogP contribution is 2.33. The Bertz CT molecular complexity index is 633. The largest absolute Gasteiger partial charge is 0.327 e. The Balaban J connectivity index is 2.44. The fourth-order valence-electron chi connectivity index (χ4n) is 2.96. The summed E-state index contributed by atoms with van der Waals surface area (Å²) in [4.78, 5) is 0.428. The van der Waals surface area contributed by atoms with Crippen LogP contribution in [-0.4, -0.2) is 31.9 Å². The summed E-state index contributed by atoms with van der Waals surface area (Å²) in [7, 11) is -3.48. The van der Waals surface area contributed by atoms with Crippen molar-refractivity contribution in [3.8, 4) is 0 Å². The van der Waals surface area contributed by atoms with Crippen LogP contribution in [0.2, 0.25) is 0 Å². The molecule has 1 atom stereocenters. The Morgan fingerprint density at radius 2 is 1.81 bits per heavy atom. The van der Waals surface area contributed by atoms with Crippen LogP contribution in [0.1, 0.15) is 31.4 Å². The number of piperidine rings is 1. The second kappa shape index (κ2) is 5.65. The summed E-state index contributed by atoms with van der Waals surface area (Å²) in [5.41, 5.74) is 7.45. The molecule has 1 fully saturated rings. The summed E-state index contributed by atoms with van der Waals surface area (Å²) >= 11 is 3.41. The van der Waals surface area contributed by atoms with E-state index in [1.54, 1.807) is 4.31 Å². The average molecular weight is 375 g/mol. The van der Waals surface area contributed by atoms with Gasteiger partial charge in [-0.25, -0.2) is 8.42 Å². The van der Waals surface area contributed by atoms with E-state index in [2.05, 4.69) is 15.9 Å². The van der Waals surface area contributed by atoms with Crippen molar-refractivity contribution in [2.75, 3.05) is 13.1 Å². The van der Waals surface area contributed by atoms with Crippen molar-refractivity contribution in [3.05, 3.63) is 27.7 Å². The minimum Gasteiger partial charge on any atom is -0.327 e. The fourth-order valence-corrected chi connectivity index (χ4v) is 5.69. The predicted molar refractivity (Wildman–Crippen MR) is 88.7 cm³/mol. The van der Waals surface area contributed by atoms with Crippen molar-refractivity contribution in [1.29, 1.82) is 0 Å². The smallest absolute Gasteiger partial charge is 0.243 e. The molecule has 2 N–H and O–H groups in total. The van der Waals surface area contributed by atoms with Crippen molar-refractivity contribution in [2.45, 2.75) is 45.1 Å². The number of nitrogens with zero attached hydrogens (tertiary/aromatic N) is 1. The Hall–Kier alpha value is -0.430. The Morgan fingerprint density at radius 1 is 1.29 bits per heavy atom. The highest BCUT2D eigenvalue weighted by Gasteiger charge is 2.39. The molecule has 6 heteroatoms. The minimum atomic E-state index is -3.48. The van der Waals surface area contributed by atoms with E-state index < -0.39 is 10.0 Å². The molecule has 21 heavy (non-hydrogen) atoms. The SMILES string of the molecule is Cc1cc(Br)cc(C)c1S(=O)(=O)N1CCC(N)C(C)(C)C1. The van der Waals surface area contributed by atoms with Gasteiger partial charge in [-0.1, -0.05) is 29.8 Å². The lowest BCUT2D eigenvalue weighted by atomic mass is 9.81. The maximum absolute atomic E-state index is 13.0. The number of benzene rings is 1. The van der Waals surface area contributed by atoms with Crippen LogP contribution in [0.5, 0.6) is 0 Å². The monoisotopic (exact) mass is 374 g/mol. The first-order chi connectivity index (χ1) is 9.55.